The third-order valence-corrected chi connectivity index (χ3v) is 5.01. The predicted molar refractivity (Wildman–Crippen MR) is 82.8 cm³/mol. The van der Waals surface area contributed by atoms with E-state index in [1.165, 1.54) is 20.8 Å². The fourth-order valence-corrected chi connectivity index (χ4v) is 2.96. The molecule has 0 heterocycles. The van der Waals surface area contributed by atoms with Crippen LogP contribution in [-0.2, 0) is 4.74 Å². The largest absolute Gasteiger partial charge is 0.455 e. The van der Waals surface area contributed by atoms with Crippen LogP contribution in [0, 0.1) is 5.41 Å². The van der Waals surface area contributed by atoms with Crippen molar-refractivity contribution in [2.75, 3.05) is 0 Å². The van der Waals surface area contributed by atoms with Crippen LogP contribution in [0.4, 0.5) is 26.3 Å². The zero-order chi connectivity index (χ0) is 19.4. The molecule has 0 aromatic carbocycles. The first kappa shape index (κ1) is 23.5. The first-order valence-corrected chi connectivity index (χ1v) is 8.53. The highest BCUT2D eigenvalue weighted by molar-refractivity contribution is 5.04. The molecule has 0 saturated heterocycles. The van der Waals surface area contributed by atoms with E-state index in [1.54, 1.807) is 13.8 Å². The maximum atomic E-state index is 15.0. The van der Waals surface area contributed by atoms with Crippen LogP contribution in [0.25, 0.3) is 0 Å². The summed E-state index contributed by atoms with van der Waals surface area (Å²) in [6.45, 7) is 8.37. The van der Waals surface area contributed by atoms with Crippen LogP contribution < -0.4 is 0 Å². The highest BCUT2D eigenvalue weighted by atomic mass is 19.4. The first-order chi connectivity index (χ1) is 10.7. The van der Waals surface area contributed by atoms with Gasteiger partial charge in [-0.15, -0.1) is 0 Å². The highest BCUT2D eigenvalue weighted by Crippen LogP contribution is 2.58. The second-order valence-electron chi connectivity index (χ2n) is 6.99. The number of alkyl halides is 6. The van der Waals surface area contributed by atoms with Crippen LogP contribution >= 0.6 is 0 Å². The molecule has 146 valence electrons. The van der Waals surface area contributed by atoms with Crippen LogP contribution in [-0.4, -0.2) is 23.6 Å². The molecular formula is C17H30F6O. The van der Waals surface area contributed by atoms with E-state index >= 15 is 0 Å². The fourth-order valence-electron chi connectivity index (χ4n) is 2.96. The van der Waals surface area contributed by atoms with Crippen molar-refractivity contribution in [2.45, 2.75) is 104 Å². The van der Waals surface area contributed by atoms with Crippen molar-refractivity contribution >= 4 is 0 Å². The Morgan fingerprint density at radius 2 is 1.08 bits per heavy atom. The second-order valence-corrected chi connectivity index (χ2v) is 6.99. The Hall–Kier alpha value is -0.460. The van der Waals surface area contributed by atoms with Gasteiger partial charge in [0.05, 0.1) is 5.60 Å². The Morgan fingerprint density at radius 1 is 0.708 bits per heavy atom. The van der Waals surface area contributed by atoms with Gasteiger partial charge in [0.2, 0.25) is 0 Å². The van der Waals surface area contributed by atoms with Gasteiger partial charge in [0.15, 0.2) is 0 Å². The molecule has 0 aliphatic heterocycles. The third kappa shape index (κ3) is 4.20. The average molecular weight is 364 g/mol. The highest BCUT2D eigenvalue weighted by Gasteiger charge is 2.78. The van der Waals surface area contributed by atoms with Gasteiger partial charge < -0.3 is 4.74 Å². The maximum absolute atomic E-state index is 15.0. The molecule has 1 nitrogen and oxygen atoms in total. The van der Waals surface area contributed by atoms with Crippen LogP contribution in [0.1, 0.15) is 80.1 Å². The van der Waals surface area contributed by atoms with Gasteiger partial charge in [-0.3, -0.25) is 0 Å². The zero-order valence-corrected chi connectivity index (χ0v) is 15.4. The molecule has 0 saturated carbocycles. The molecule has 0 aromatic rings. The normalized spacial score (nSPS) is 17.0. The number of ether oxygens (including phenoxy) is 1. The SMILES string of the molecule is CCCC(C)(CCC)C(F)(F)C(F)(OC(C)(CC)CC)C(F)(F)F. The molecule has 1 unspecified atom stereocenters. The molecule has 7 heteroatoms. The molecule has 0 aliphatic carbocycles. The van der Waals surface area contributed by atoms with Crippen LogP contribution in [0.15, 0.2) is 0 Å². The van der Waals surface area contributed by atoms with E-state index in [4.69, 9.17) is 0 Å². The van der Waals surface area contributed by atoms with Crippen molar-refractivity contribution in [3.63, 3.8) is 0 Å². The lowest BCUT2D eigenvalue weighted by Crippen LogP contribution is -2.65. The standard InChI is InChI=1S/C17H30F6O/c1-7-11-13(5,12-8-2)15(18,19)16(20,17(21,22)23)24-14(6,9-3)10-4/h7-12H2,1-6H3. The summed E-state index contributed by atoms with van der Waals surface area (Å²) in [6.07, 6.45) is -5.89. The number of hydrogen-bond acceptors (Lipinski definition) is 1. The van der Waals surface area contributed by atoms with E-state index in [0.717, 1.165) is 6.92 Å². The van der Waals surface area contributed by atoms with E-state index in [2.05, 4.69) is 4.74 Å². The fraction of sp³-hybridized carbons (Fsp3) is 1.00. The minimum absolute atomic E-state index is 0.0143. The number of hydrogen-bond donors (Lipinski definition) is 0. The molecule has 0 bridgehead atoms. The molecule has 24 heavy (non-hydrogen) atoms. The summed E-state index contributed by atoms with van der Waals surface area (Å²) in [5.74, 6) is -9.74. The van der Waals surface area contributed by atoms with Gasteiger partial charge in [0, 0.05) is 5.41 Å². The monoisotopic (exact) mass is 364 g/mol. The van der Waals surface area contributed by atoms with Gasteiger partial charge >= 0.3 is 18.0 Å². The van der Waals surface area contributed by atoms with Crippen molar-refractivity contribution in [1.29, 1.82) is 0 Å². The van der Waals surface area contributed by atoms with Crippen molar-refractivity contribution in [3.8, 4) is 0 Å². The molecule has 0 fully saturated rings. The number of rotatable bonds is 10. The second kappa shape index (κ2) is 7.83. The average Bonchev–Trinajstić information content (AvgIpc) is 2.46. The number of halogens is 6. The first-order valence-electron chi connectivity index (χ1n) is 8.53. The van der Waals surface area contributed by atoms with Crippen molar-refractivity contribution in [2.24, 2.45) is 5.41 Å². The van der Waals surface area contributed by atoms with Gasteiger partial charge in [0.1, 0.15) is 0 Å². The van der Waals surface area contributed by atoms with Crippen molar-refractivity contribution in [3.05, 3.63) is 0 Å². The molecule has 1 atom stereocenters. The van der Waals surface area contributed by atoms with E-state index in [1.807, 2.05) is 0 Å². The lowest BCUT2D eigenvalue weighted by Gasteiger charge is -2.48. The third-order valence-electron chi connectivity index (χ3n) is 5.01. The zero-order valence-electron chi connectivity index (χ0n) is 15.4. The van der Waals surface area contributed by atoms with E-state index in [9.17, 15) is 26.3 Å². The lowest BCUT2D eigenvalue weighted by atomic mass is 9.72. The lowest BCUT2D eigenvalue weighted by molar-refractivity contribution is -0.441. The quantitative estimate of drug-likeness (QED) is 0.377. The summed E-state index contributed by atoms with van der Waals surface area (Å²) in [4.78, 5) is 0. The summed E-state index contributed by atoms with van der Waals surface area (Å²) >= 11 is 0. The minimum atomic E-state index is -5.84. The van der Waals surface area contributed by atoms with Crippen LogP contribution in [0.5, 0.6) is 0 Å². The Bertz CT molecular complexity index is 383. The summed E-state index contributed by atoms with van der Waals surface area (Å²) in [7, 11) is 0. The predicted octanol–water partition coefficient (Wildman–Crippen LogP) is 7.05. The van der Waals surface area contributed by atoms with Gasteiger partial charge in [0.25, 0.3) is 0 Å². The Kier molecular flexibility index (Phi) is 7.68. The van der Waals surface area contributed by atoms with E-state index in [0.29, 0.717) is 0 Å². The van der Waals surface area contributed by atoms with Gasteiger partial charge in [-0.2, -0.15) is 26.3 Å². The molecule has 0 amide bonds. The van der Waals surface area contributed by atoms with Crippen molar-refractivity contribution < 1.29 is 31.1 Å². The van der Waals surface area contributed by atoms with E-state index in [-0.39, 0.29) is 38.5 Å². The molecule has 0 radical (unpaired) electrons. The Balaban J connectivity index is 6.23. The van der Waals surface area contributed by atoms with Gasteiger partial charge in [-0.25, -0.2) is 0 Å². The summed E-state index contributed by atoms with van der Waals surface area (Å²) in [5.41, 5.74) is -3.78. The summed E-state index contributed by atoms with van der Waals surface area (Å²) < 4.78 is 89.8. The van der Waals surface area contributed by atoms with Gasteiger partial charge in [-0.05, 0) is 32.6 Å². The molecular weight excluding hydrogens is 334 g/mol. The molecule has 0 rings (SSSR count). The molecule has 0 N–H and O–H groups in total. The van der Waals surface area contributed by atoms with E-state index < -0.39 is 29.0 Å². The van der Waals surface area contributed by atoms with Gasteiger partial charge in [-0.1, -0.05) is 47.5 Å². The Morgan fingerprint density at radius 3 is 1.33 bits per heavy atom. The minimum Gasteiger partial charge on any atom is -0.328 e. The molecule has 0 aromatic heterocycles. The smallest absolute Gasteiger partial charge is 0.328 e. The van der Waals surface area contributed by atoms with Crippen molar-refractivity contribution in [1.82, 2.24) is 0 Å². The topological polar surface area (TPSA) is 9.23 Å². The molecule has 0 spiro atoms. The summed E-state index contributed by atoms with van der Waals surface area (Å²) in [6, 6.07) is 0. The van der Waals surface area contributed by atoms with Crippen LogP contribution in [0.2, 0.25) is 0 Å². The molecule has 0 aliphatic rings. The van der Waals surface area contributed by atoms with Crippen LogP contribution in [0.3, 0.4) is 0 Å². The Labute approximate surface area is 141 Å². The summed E-state index contributed by atoms with van der Waals surface area (Å²) in [5, 5.41) is 0. The maximum Gasteiger partial charge on any atom is 0.455 e.